The first-order valence-corrected chi connectivity index (χ1v) is 8.95. The Morgan fingerprint density at radius 2 is 2.05 bits per heavy atom. The number of methoxy groups -OCH3 is 1. The summed E-state index contributed by atoms with van der Waals surface area (Å²) in [6.45, 7) is 0. The number of hydrogen-bond donors (Lipinski definition) is 1. The molecule has 1 aromatic rings. The van der Waals surface area contributed by atoms with Crippen molar-refractivity contribution < 1.29 is 13.2 Å². The number of anilines is 1. The lowest BCUT2D eigenvalue weighted by molar-refractivity contribution is 0.414. The molecule has 1 aromatic carbocycles. The summed E-state index contributed by atoms with van der Waals surface area (Å²) in [4.78, 5) is 0. The zero-order valence-electron chi connectivity index (χ0n) is 11.0. The maximum absolute atomic E-state index is 11.8. The van der Waals surface area contributed by atoms with Gasteiger partial charge in [0, 0.05) is 28.5 Å². The first-order chi connectivity index (χ1) is 8.90. The molecular formula is C13H18BrNO3S. The molecule has 0 bridgehead atoms. The number of rotatable bonds is 4. The third-order valence-corrected chi connectivity index (χ3v) is 5.58. The van der Waals surface area contributed by atoms with Crippen LogP contribution in [0.25, 0.3) is 0 Å². The van der Waals surface area contributed by atoms with Gasteiger partial charge in [-0.05, 0) is 31.4 Å². The molecule has 1 aliphatic carbocycles. The van der Waals surface area contributed by atoms with E-state index in [0.29, 0.717) is 0 Å². The highest BCUT2D eigenvalue weighted by atomic mass is 79.9. The number of halogens is 1. The first kappa shape index (κ1) is 14.7. The zero-order chi connectivity index (χ0) is 14.0. The minimum atomic E-state index is -3.00. The van der Waals surface area contributed by atoms with E-state index < -0.39 is 9.84 Å². The van der Waals surface area contributed by atoms with E-state index in [1.807, 2.05) is 18.2 Å². The van der Waals surface area contributed by atoms with Gasteiger partial charge in [-0.25, -0.2) is 8.42 Å². The van der Waals surface area contributed by atoms with Crippen LogP contribution in [-0.4, -0.2) is 33.1 Å². The van der Waals surface area contributed by atoms with Crippen LogP contribution in [0.15, 0.2) is 22.7 Å². The van der Waals surface area contributed by atoms with Crippen LogP contribution in [0.5, 0.6) is 5.75 Å². The normalized spacial score (nSPS) is 23.3. The average Bonchev–Trinajstić information content (AvgIpc) is 2.76. The molecule has 2 rings (SSSR count). The molecule has 1 saturated carbocycles. The van der Waals surface area contributed by atoms with Crippen LogP contribution in [-0.2, 0) is 9.84 Å². The molecule has 106 valence electrons. The number of benzene rings is 1. The molecule has 0 heterocycles. The number of sulfone groups is 1. The highest BCUT2D eigenvalue weighted by Crippen LogP contribution is 2.30. The standard InChI is InChI=1S/C13H18BrNO3S/c1-18-11-7-9(14)6-10(8-11)15-12-4-3-5-13(12)19(2,16)17/h6-8,12-13,15H,3-5H2,1-2H3. The molecule has 0 spiro atoms. The fourth-order valence-electron chi connectivity index (χ4n) is 2.58. The van der Waals surface area contributed by atoms with Gasteiger partial charge >= 0.3 is 0 Å². The van der Waals surface area contributed by atoms with E-state index in [0.717, 1.165) is 35.2 Å². The van der Waals surface area contributed by atoms with Gasteiger partial charge in [-0.3, -0.25) is 0 Å². The van der Waals surface area contributed by atoms with E-state index in [-0.39, 0.29) is 11.3 Å². The molecule has 0 radical (unpaired) electrons. The lowest BCUT2D eigenvalue weighted by atomic mass is 10.2. The van der Waals surface area contributed by atoms with Crippen LogP contribution in [0.2, 0.25) is 0 Å². The van der Waals surface area contributed by atoms with E-state index in [9.17, 15) is 8.42 Å². The fourth-order valence-corrected chi connectivity index (χ4v) is 4.45. The van der Waals surface area contributed by atoms with Crippen molar-refractivity contribution in [3.63, 3.8) is 0 Å². The Kier molecular flexibility index (Phi) is 4.40. The summed E-state index contributed by atoms with van der Waals surface area (Å²) in [5.74, 6) is 0.741. The monoisotopic (exact) mass is 347 g/mol. The van der Waals surface area contributed by atoms with Crippen LogP contribution in [0.4, 0.5) is 5.69 Å². The van der Waals surface area contributed by atoms with Crippen molar-refractivity contribution in [2.45, 2.75) is 30.6 Å². The Morgan fingerprint density at radius 1 is 1.32 bits per heavy atom. The van der Waals surface area contributed by atoms with Crippen LogP contribution < -0.4 is 10.1 Å². The maximum Gasteiger partial charge on any atom is 0.152 e. The summed E-state index contributed by atoms with van der Waals surface area (Å²) in [6, 6.07) is 5.66. The maximum atomic E-state index is 11.8. The van der Waals surface area contributed by atoms with Gasteiger partial charge in [0.15, 0.2) is 9.84 Å². The van der Waals surface area contributed by atoms with Crippen molar-refractivity contribution in [1.82, 2.24) is 0 Å². The lowest BCUT2D eigenvalue weighted by Gasteiger charge is -2.21. The fraction of sp³-hybridized carbons (Fsp3) is 0.538. The molecule has 4 nitrogen and oxygen atoms in total. The SMILES string of the molecule is COc1cc(Br)cc(NC2CCCC2S(C)(=O)=O)c1. The zero-order valence-corrected chi connectivity index (χ0v) is 13.4. The van der Waals surface area contributed by atoms with Gasteiger partial charge in [-0.1, -0.05) is 15.9 Å². The van der Waals surface area contributed by atoms with Gasteiger partial charge in [0.05, 0.1) is 12.4 Å². The number of ether oxygens (including phenoxy) is 1. The topological polar surface area (TPSA) is 55.4 Å². The summed E-state index contributed by atoms with van der Waals surface area (Å²) in [5.41, 5.74) is 0.881. The summed E-state index contributed by atoms with van der Waals surface area (Å²) in [7, 11) is -1.39. The second-order valence-corrected chi connectivity index (χ2v) is 8.11. The van der Waals surface area contributed by atoms with Crippen LogP contribution in [0.3, 0.4) is 0 Å². The predicted molar refractivity (Wildman–Crippen MR) is 80.6 cm³/mol. The summed E-state index contributed by atoms with van der Waals surface area (Å²) in [5, 5.41) is 3.03. The molecule has 1 fully saturated rings. The summed E-state index contributed by atoms with van der Waals surface area (Å²) >= 11 is 3.42. The Labute approximate surface area is 122 Å². The quantitative estimate of drug-likeness (QED) is 0.909. The molecule has 0 aromatic heterocycles. The smallest absolute Gasteiger partial charge is 0.152 e. The first-order valence-electron chi connectivity index (χ1n) is 6.20. The molecule has 1 N–H and O–H groups in total. The summed E-state index contributed by atoms with van der Waals surface area (Å²) in [6.07, 6.45) is 3.88. The van der Waals surface area contributed by atoms with Crippen molar-refractivity contribution in [2.24, 2.45) is 0 Å². The average molecular weight is 348 g/mol. The number of hydrogen-bond acceptors (Lipinski definition) is 4. The molecule has 0 saturated heterocycles. The van der Waals surface area contributed by atoms with Crippen molar-refractivity contribution in [3.05, 3.63) is 22.7 Å². The van der Waals surface area contributed by atoms with E-state index >= 15 is 0 Å². The molecule has 2 atom stereocenters. The Morgan fingerprint density at radius 3 is 2.68 bits per heavy atom. The second-order valence-electron chi connectivity index (χ2n) is 4.93. The predicted octanol–water partition coefficient (Wildman–Crippen LogP) is 2.84. The highest BCUT2D eigenvalue weighted by Gasteiger charge is 2.34. The van der Waals surface area contributed by atoms with Crippen molar-refractivity contribution in [1.29, 1.82) is 0 Å². The van der Waals surface area contributed by atoms with Gasteiger partial charge in [0.25, 0.3) is 0 Å². The summed E-state index contributed by atoms with van der Waals surface area (Å²) < 4.78 is 29.6. The highest BCUT2D eigenvalue weighted by molar-refractivity contribution is 9.10. The van der Waals surface area contributed by atoms with Gasteiger partial charge in [-0.15, -0.1) is 0 Å². The largest absolute Gasteiger partial charge is 0.497 e. The molecule has 6 heteroatoms. The van der Waals surface area contributed by atoms with Gasteiger partial charge in [-0.2, -0.15) is 0 Å². The number of nitrogens with one attached hydrogen (secondary N) is 1. The van der Waals surface area contributed by atoms with Crippen LogP contribution in [0, 0.1) is 0 Å². The molecule has 2 unspecified atom stereocenters. The van der Waals surface area contributed by atoms with E-state index in [4.69, 9.17) is 4.74 Å². The van der Waals surface area contributed by atoms with Gasteiger partial charge in [0.2, 0.25) is 0 Å². The third kappa shape index (κ3) is 3.63. The van der Waals surface area contributed by atoms with E-state index in [1.165, 1.54) is 6.26 Å². The Hall–Kier alpha value is -0.750. The van der Waals surface area contributed by atoms with Gasteiger partial charge in [0.1, 0.15) is 5.75 Å². The van der Waals surface area contributed by atoms with Crippen LogP contribution in [0.1, 0.15) is 19.3 Å². The lowest BCUT2D eigenvalue weighted by Crippen LogP contribution is -2.34. The Balaban J connectivity index is 2.19. The van der Waals surface area contributed by atoms with E-state index in [1.54, 1.807) is 7.11 Å². The molecule has 1 aliphatic rings. The minimum Gasteiger partial charge on any atom is -0.497 e. The molecular weight excluding hydrogens is 330 g/mol. The second kappa shape index (κ2) is 5.71. The third-order valence-electron chi connectivity index (χ3n) is 3.46. The molecule has 19 heavy (non-hydrogen) atoms. The van der Waals surface area contributed by atoms with Crippen molar-refractivity contribution in [2.75, 3.05) is 18.7 Å². The van der Waals surface area contributed by atoms with Crippen molar-refractivity contribution >= 4 is 31.5 Å². The molecule has 0 amide bonds. The van der Waals surface area contributed by atoms with E-state index in [2.05, 4.69) is 21.2 Å². The molecule has 0 aliphatic heterocycles. The van der Waals surface area contributed by atoms with Crippen molar-refractivity contribution in [3.8, 4) is 5.75 Å². The Bertz CT molecular complexity index is 559. The van der Waals surface area contributed by atoms with Crippen LogP contribution >= 0.6 is 15.9 Å². The van der Waals surface area contributed by atoms with Gasteiger partial charge < -0.3 is 10.1 Å². The minimum absolute atomic E-state index is 0.0194.